The van der Waals surface area contributed by atoms with Gasteiger partial charge in [-0.15, -0.1) is 0 Å². The van der Waals surface area contributed by atoms with E-state index in [-0.39, 0.29) is 23.3 Å². The Bertz CT molecular complexity index is 2100. The number of benzene rings is 2. The van der Waals surface area contributed by atoms with Crippen molar-refractivity contribution in [2.45, 2.75) is 11.8 Å². The molecule has 1 aliphatic rings. The van der Waals surface area contributed by atoms with Crippen LogP contribution in [0.25, 0.3) is 22.0 Å². The van der Waals surface area contributed by atoms with Crippen LogP contribution in [0.15, 0.2) is 72.0 Å². The number of aromatic nitrogens is 3. The Morgan fingerprint density at radius 2 is 1.60 bits per heavy atom. The summed E-state index contributed by atoms with van der Waals surface area (Å²) in [5.41, 5.74) is 1.80. The zero-order valence-corrected chi connectivity index (χ0v) is 26.9. The molecule has 2 aromatic carbocycles. The largest absolute Gasteiger partial charge is 0.480 e. The van der Waals surface area contributed by atoms with Crippen LogP contribution in [0.1, 0.15) is 6.92 Å². The summed E-state index contributed by atoms with van der Waals surface area (Å²) in [4.78, 5) is 39.6. The normalized spacial score (nSPS) is 13.6. The standard InChI is InChI=1S/C29H26F2N6O5S.H2O4S/c1-18(38)3-8-27(39)36-9-11-37(12-10-36)28-22-13-19(4-6-24(22)33-17-34-28)20-14-25(29(42-2)32-16-20)35-43(40,41)26-7-5-21(30)15-23(26)31;1-5(2,3)4/h3-8,13-17,35H,9-12H2,1-2H3;(H2,1,2,3,4)/b8-3+;. The van der Waals surface area contributed by atoms with Gasteiger partial charge in [0, 0.05) is 55.5 Å². The van der Waals surface area contributed by atoms with Crippen LogP contribution in [0.2, 0.25) is 0 Å². The fourth-order valence-corrected chi connectivity index (χ4v) is 5.75. The van der Waals surface area contributed by atoms with E-state index in [1.165, 1.54) is 44.8 Å². The molecule has 254 valence electrons. The highest BCUT2D eigenvalue weighted by molar-refractivity contribution is 7.92. The molecule has 0 spiro atoms. The summed E-state index contributed by atoms with van der Waals surface area (Å²) in [7, 11) is -7.81. The molecule has 1 aliphatic heterocycles. The van der Waals surface area contributed by atoms with Crippen molar-refractivity contribution in [3.05, 3.63) is 78.8 Å². The highest BCUT2D eigenvalue weighted by Crippen LogP contribution is 2.33. The first-order valence-electron chi connectivity index (χ1n) is 13.7. The molecule has 2 aromatic heterocycles. The Balaban J connectivity index is 0.000000968. The summed E-state index contributed by atoms with van der Waals surface area (Å²) in [6.07, 6.45) is 5.48. The number of halogens is 2. The molecule has 3 N–H and O–H groups in total. The molecule has 5 rings (SSSR count). The number of fused-ring (bicyclic) bond motifs is 1. The lowest BCUT2D eigenvalue weighted by Crippen LogP contribution is -2.48. The minimum absolute atomic E-state index is 0.0482. The smallest absolute Gasteiger partial charge is 0.394 e. The third-order valence-corrected chi connectivity index (χ3v) is 8.17. The van der Waals surface area contributed by atoms with E-state index >= 15 is 0 Å². The Labute approximate surface area is 273 Å². The zero-order valence-electron chi connectivity index (χ0n) is 25.2. The lowest BCUT2D eigenvalue weighted by molar-refractivity contribution is -0.126. The van der Waals surface area contributed by atoms with Gasteiger partial charge in [-0.2, -0.15) is 8.42 Å². The number of hydrogen-bond donors (Lipinski definition) is 3. The molecule has 19 heteroatoms. The minimum Gasteiger partial charge on any atom is -0.480 e. The number of carbonyl (C=O) groups excluding carboxylic acids is 2. The number of nitrogens with one attached hydrogen (secondary N) is 1. The van der Waals surface area contributed by atoms with Gasteiger partial charge in [0.05, 0.1) is 12.6 Å². The average Bonchev–Trinajstić information content (AvgIpc) is 3.02. The van der Waals surface area contributed by atoms with Crippen molar-refractivity contribution in [3.8, 4) is 17.0 Å². The van der Waals surface area contributed by atoms with Gasteiger partial charge in [-0.1, -0.05) is 6.07 Å². The number of pyridine rings is 1. The number of nitrogens with zero attached hydrogens (tertiary/aromatic N) is 5. The first-order chi connectivity index (χ1) is 22.6. The maximum atomic E-state index is 14.3. The molecular weight excluding hydrogens is 678 g/mol. The van der Waals surface area contributed by atoms with Crippen molar-refractivity contribution >= 4 is 54.5 Å². The van der Waals surface area contributed by atoms with Crippen LogP contribution in [0.4, 0.5) is 20.3 Å². The van der Waals surface area contributed by atoms with Gasteiger partial charge in [-0.3, -0.25) is 23.4 Å². The van der Waals surface area contributed by atoms with Crippen LogP contribution >= 0.6 is 0 Å². The summed E-state index contributed by atoms with van der Waals surface area (Å²) in [6.45, 7) is 3.27. The van der Waals surface area contributed by atoms with E-state index in [1.54, 1.807) is 17.0 Å². The third kappa shape index (κ3) is 9.25. The molecule has 1 amide bonds. The monoisotopic (exact) mass is 706 g/mol. The van der Waals surface area contributed by atoms with Gasteiger partial charge in [0.1, 0.15) is 34.4 Å². The van der Waals surface area contributed by atoms with Crippen molar-refractivity contribution < 1.29 is 49.0 Å². The summed E-state index contributed by atoms with van der Waals surface area (Å²) in [6, 6.07) is 9.09. The number of piperazine rings is 1. The predicted molar refractivity (Wildman–Crippen MR) is 169 cm³/mol. The fourth-order valence-electron chi connectivity index (χ4n) is 4.65. The Morgan fingerprint density at radius 3 is 2.23 bits per heavy atom. The number of ether oxygens (including phenoxy) is 1. The highest BCUT2D eigenvalue weighted by atomic mass is 32.3. The van der Waals surface area contributed by atoms with Crippen LogP contribution in [0.3, 0.4) is 0 Å². The van der Waals surface area contributed by atoms with Crippen LogP contribution in [-0.2, 0) is 30.0 Å². The van der Waals surface area contributed by atoms with E-state index in [0.717, 1.165) is 17.5 Å². The van der Waals surface area contributed by atoms with E-state index < -0.39 is 37.0 Å². The van der Waals surface area contributed by atoms with E-state index in [2.05, 4.69) is 19.7 Å². The van der Waals surface area contributed by atoms with Gasteiger partial charge in [-0.25, -0.2) is 32.2 Å². The Kier molecular flexibility index (Phi) is 11.0. The maximum Gasteiger partial charge on any atom is 0.394 e. The molecule has 0 atom stereocenters. The lowest BCUT2D eigenvalue weighted by Gasteiger charge is -2.35. The Hall–Kier alpha value is -5.11. The maximum absolute atomic E-state index is 14.3. The Morgan fingerprint density at radius 1 is 0.917 bits per heavy atom. The number of rotatable bonds is 8. The number of carbonyl (C=O) groups is 2. The zero-order chi connectivity index (χ0) is 35.2. The van der Waals surface area contributed by atoms with Gasteiger partial charge in [0.2, 0.25) is 11.8 Å². The first-order valence-corrected chi connectivity index (χ1v) is 16.6. The molecule has 0 saturated carbocycles. The molecule has 1 saturated heterocycles. The van der Waals surface area contributed by atoms with Gasteiger partial charge in [0.15, 0.2) is 5.78 Å². The molecule has 0 bridgehead atoms. The predicted octanol–water partition coefficient (Wildman–Crippen LogP) is 2.92. The van der Waals surface area contributed by atoms with E-state index in [0.29, 0.717) is 54.7 Å². The number of hydrogen-bond acceptors (Lipinski definition) is 11. The summed E-state index contributed by atoms with van der Waals surface area (Å²) in [5, 5.41) is 0.725. The van der Waals surface area contributed by atoms with Crippen LogP contribution in [0.5, 0.6) is 5.88 Å². The number of anilines is 2. The second-order valence-corrected chi connectivity index (χ2v) is 12.6. The van der Waals surface area contributed by atoms with Gasteiger partial charge in [0.25, 0.3) is 10.0 Å². The van der Waals surface area contributed by atoms with Crippen molar-refractivity contribution in [2.75, 3.05) is 42.9 Å². The number of amides is 1. The molecule has 15 nitrogen and oxygen atoms in total. The van der Waals surface area contributed by atoms with Gasteiger partial charge >= 0.3 is 10.4 Å². The molecule has 4 aromatic rings. The molecule has 3 heterocycles. The SMILES string of the molecule is COc1ncc(-c2ccc3ncnc(N4CCN(C(=O)/C=C/C(C)=O)CC4)c3c2)cc1NS(=O)(=O)c1ccc(F)cc1F.O=S(=O)(O)O. The highest BCUT2D eigenvalue weighted by Gasteiger charge is 2.24. The number of sulfonamides is 1. The van der Waals surface area contributed by atoms with E-state index in [9.17, 15) is 26.8 Å². The van der Waals surface area contributed by atoms with Crippen molar-refractivity contribution in [1.29, 1.82) is 0 Å². The third-order valence-electron chi connectivity index (χ3n) is 6.77. The molecule has 0 unspecified atom stereocenters. The molecule has 1 fully saturated rings. The minimum atomic E-state index is -4.67. The van der Waals surface area contributed by atoms with Gasteiger partial charge in [-0.05, 0) is 48.9 Å². The first kappa shape index (κ1) is 35.7. The second-order valence-electron chi connectivity index (χ2n) is 10.1. The summed E-state index contributed by atoms with van der Waals surface area (Å²) < 4.78 is 92.6. The number of methoxy groups -OCH3 is 1. The molecular formula is C29H28F2N6O9S2. The van der Waals surface area contributed by atoms with Crippen molar-refractivity contribution in [2.24, 2.45) is 0 Å². The van der Waals surface area contributed by atoms with Crippen LogP contribution in [0, 0.1) is 11.6 Å². The number of ketones is 1. The van der Waals surface area contributed by atoms with Gasteiger partial charge < -0.3 is 14.5 Å². The van der Waals surface area contributed by atoms with Crippen LogP contribution < -0.4 is 14.4 Å². The van der Waals surface area contributed by atoms with Crippen LogP contribution in [-0.4, -0.2) is 90.8 Å². The lowest BCUT2D eigenvalue weighted by atomic mass is 10.0. The molecule has 0 aliphatic carbocycles. The summed E-state index contributed by atoms with van der Waals surface area (Å²) >= 11 is 0. The van der Waals surface area contributed by atoms with E-state index in [4.69, 9.17) is 22.3 Å². The summed E-state index contributed by atoms with van der Waals surface area (Å²) in [5.74, 6) is -1.97. The second kappa shape index (κ2) is 14.8. The quantitative estimate of drug-likeness (QED) is 0.178. The number of allylic oxidation sites excluding steroid dienone is 1. The molecule has 48 heavy (non-hydrogen) atoms. The molecule has 0 radical (unpaired) electrons. The van der Waals surface area contributed by atoms with Crippen molar-refractivity contribution in [1.82, 2.24) is 19.9 Å². The topological polar surface area (TPSA) is 209 Å². The average molecular weight is 707 g/mol. The van der Waals surface area contributed by atoms with Crippen molar-refractivity contribution in [3.63, 3.8) is 0 Å². The van der Waals surface area contributed by atoms with E-state index in [1.807, 2.05) is 11.0 Å². The fraction of sp³-hybridized carbons (Fsp3) is 0.207.